The van der Waals surface area contributed by atoms with Gasteiger partial charge in [0.25, 0.3) is 15.9 Å². The molecule has 31 heavy (non-hydrogen) atoms. The van der Waals surface area contributed by atoms with E-state index in [0.29, 0.717) is 16.3 Å². The third kappa shape index (κ3) is 4.06. The molecule has 2 aliphatic carbocycles. The second-order valence-electron chi connectivity index (χ2n) is 8.61. The first kappa shape index (κ1) is 20.1. The standard InChI is InChI=1S/C24H27N3O3S/c28-24(25-18-11-12-18)23-16-17-15-20(13-14-22(17)26-23)27(19-7-3-1-4-8-19)31(29,30)21-9-5-2-6-10-21/h2,5-6,9-10,13-16,18-19,26H,1,3-4,7-8,11-12H2,(H,25,28). The van der Waals surface area contributed by atoms with E-state index in [4.69, 9.17) is 0 Å². The molecule has 1 heterocycles. The van der Waals surface area contributed by atoms with Crippen molar-refractivity contribution in [3.63, 3.8) is 0 Å². The lowest BCUT2D eigenvalue weighted by atomic mass is 9.95. The fraction of sp³-hybridized carbons (Fsp3) is 0.375. The summed E-state index contributed by atoms with van der Waals surface area (Å²) in [5.41, 5.74) is 1.98. The monoisotopic (exact) mass is 437 g/mol. The summed E-state index contributed by atoms with van der Waals surface area (Å²) in [4.78, 5) is 15.9. The molecule has 162 valence electrons. The number of nitrogens with one attached hydrogen (secondary N) is 2. The van der Waals surface area contributed by atoms with Crippen molar-refractivity contribution in [1.82, 2.24) is 10.3 Å². The summed E-state index contributed by atoms with van der Waals surface area (Å²) >= 11 is 0. The number of fused-ring (bicyclic) bond motifs is 1. The summed E-state index contributed by atoms with van der Waals surface area (Å²) in [5.74, 6) is -0.110. The van der Waals surface area contributed by atoms with Crippen LogP contribution in [0, 0.1) is 0 Å². The van der Waals surface area contributed by atoms with Crippen LogP contribution >= 0.6 is 0 Å². The maximum absolute atomic E-state index is 13.7. The zero-order valence-electron chi connectivity index (χ0n) is 17.4. The highest BCUT2D eigenvalue weighted by molar-refractivity contribution is 7.92. The van der Waals surface area contributed by atoms with Gasteiger partial charge >= 0.3 is 0 Å². The van der Waals surface area contributed by atoms with E-state index >= 15 is 0 Å². The average molecular weight is 438 g/mol. The molecule has 0 saturated heterocycles. The Hall–Kier alpha value is -2.80. The van der Waals surface area contributed by atoms with Crippen molar-refractivity contribution < 1.29 is 13.2 Å². The first-order valence-electron chi connectivity index (χ1n) is 11.1. The Morgan fingerprint density at radius 3 is 2.39 bits per heavy atom. The number of nitrogens with zero attached hydrogens (tertiary/aromatic N) is 1. The molecule has 2 aromatic carbocycles. The Morgan fingerprint density at radius 1 is 0.935 bits per heavy atom. The SMILES string of the molecule is O=C(NC1CC1)c1cc2cc(N(C3CCCCC3)S(=O)(=O)c3ccccc3)ccc2[nH]1. The molecule has 3 aromatic rings. The second-order valence-corrected chi connectivity index (χ2v) is 10.4. The molecule has 0 aliphatic heterocycles. The van der Waals surface area contributed by atoms with Crippen LogP contribution in [0.1, 0.15) is 55.4 Å². The Labute approximate surface area is 182 Å². The van der Waals surface area contributed by atoms with Crippen LogP contribution < -0.4 is 9.62 Å². The highest BCUT2D eigenvalue weighted by atomic mass is 32.2. The molecule has 0 spiro atoms. The van der Waals surface area contributed by atoms with Crippen LogP contribution in [0.2, 0.25) is 0 Å². The average Bonchev–Trinajstić information content (AvgIpc) is 3.50. The summed E-state index contributed by atoms with van der Waals surface area (Å²) in [6, 6.07) is 16.3. The van der Waals surface area contributed by atoms with Crippen LogP contribution in [-0.2, 0) is 10.0 Å². The topological polar surface area (TPSA) is 82.3 Å². The van der Waals surface area contributed by atoms with Crippen molar-refractivity contribution in [2.24, 2.45) is 0 Å². The summed E-state index contributed by atoms with van der Waals surface area (Å²) < 4.78 is 28.9. The predicted molar refractivity (Wildman–Crippen MR) is 122 cm³/mol. The first-order chi connectivity index (χ1) is 15.0. The minimum absolute atomic E-state index is 0.0621. The molecule has 0 atom stereocenters. The van der Waals surface area contributed by atoms with Gasteiger partial charge in [0, 0.05) is 23.0 Å². The molecule has 0 radical (unpaired) electrons. The van der Waals surface area contributed by atoms with E-state index in [2.05, 4.69) is 10.3 Å². The molecule has 2 fully saturated rings. The summed E-state index contributed by atoms with van der Waals surface area (Å²) in [6.07, 6.45) is 6.98. The highest BCUT2D eigenvalue weighted by Gasteiger charge is 2.33. The molecule has 2 saturated carbocycles. The molecule has 7 heteroatoms. The van der Waals surface area contributed by atoms with Gasteiger partial charge in [-0.2, -0.15) is 0 Å². The lowest BCUT2D eigenvalue weighted by Crippen LogP contribution is -2.41. The van der Waals surface area contributed by atoms with Crippen molar-refractivity contribution >= 4 is 32.5 Å². The van der Waals surface area contributed by atoms with Gasteiger partial charge in [0.15, 0.2) is 0 Å². The Bertz CT molecular complexity index is 1190. The third-order valence-corrected chi connectivity index (χ3v) is 8.12. The summed E-state index contributed by atoms with van der Waals surface area (Å²) in [7, 11) is -3.70. The van der Waals surface area contributed by atoms with Crippen molar-refractivity contribution in [2.75, 3.05) is 4.31 Å². The predicted octanol–water partition coefficient (Wildman–Crippen LogP) is 4.59. The second kappa shape index (κ2) is 8.04. The van der Waals surface area contributed by atoms with Gasteiger partial charge in [0.1, 0.15) is 5.69 Å². The van der Waals surface area contributed by atoms with E-state index < -0.39 is 10.0 Å². The number of aromatic amines is 1. The van der Waals surface area contributed by atoms with Gasteiger partial charge in [-0.1, -0.05) is 37.5 Å². The number of sulfonamides is 1. The van der Waals surface area contributed by atoms with Crippen molar-refractivity contribution in [2.45, 2.75) is 61.9 Å². The van der Waals surface area contributed by atoms with Gasteiger partial charge in [0.2, 0.25) is 0 Å². The van der Waals surface area contributed by atoms with Gasteiger partial charge in [-0.05, 0) is 62.1 Å². The first-order valence-corrected chi connectivity index (χ1v) is 12.5. The third-order valence-electron chi connectivity index (χ3n) is 6.22. The quantitative estimate of drug-likeness (QED) is 0.592. The number of carbonyl (C=O) groups is 1. The smallest absolute Gasteiger partial charge is 0.267 e. The molecule has 1 aromatic heterocycles. The van der Waals surface area contributed by atoms with Gasteiger partial charge in [-0.3, -0.25) is 9.10 Å². The lowest BCUT2D eigenvalue weighted by Gasteiger charge is -2.35. The molecule has 2 aliphatic rings. The molecular weight excluding hydrogens is 410 g/mol. The van der Waals surface area contributed by atoms with Crippen LogP contribution in [0.3, 0.4) is 0 Å². The normalized spacial score (nSPS) is 17.5. The Balaban J connectivity index is 1.54. The Kier molecular flexibility index (Phi) is 5.22. The highest BCUT2D eigenvalue weighted by Crippen LogP contribution is 2.34. The molecule has 2 N–H and O–H groups in total. The molecule has 0 unspecified atom stereocenters. The van der Waals surface area contributed by atoms with E-state index in [1.54, 1.807) is 28.6 Å². The maximum Gasteiger partial charge on any atom is 0.267 e. The zero-order valence-corrected chi connectivity index (χ0v) is 18.2. The number of hydrogen-bond donors (Lipinski definition) is 2. The number of hydrogen-bond acceptors (Lipinski definition) is 3. The fourth-order valence-electron chi connectivity index (χ4n) is 4.44. The molecular formula is C24H27N3O3S. The minimum atomic E-state index is -3.70. The van der Waals surface area contributed by atoms with Gasteiger partial charge in [0.05, 0.1) is 10.6 Å². The van der Waals surface area contributed by atoms with Crippen LogP contribution in [0.15, 0.2) is 59.5 Å². The van der Waals surface area contributed by atoms with E-state index in [1.165, 1.54) is 0 Å². The molecule has 1 amide bonds. The van der Waals surface area contributed by atoms with E-state index in [0.717, 1.165) is 55.8 Å². The summed E-state index contributed by atoms with van der Waals surface area (Å²) in [5, 5.41) is 3.83. The molecule has 6 nitrogen and oxygen atoms in total. The van der Waals surface area contributed by atoms with Crippen LogP contribution in [0.5, 0.6) is 0 Å². The van der Waals surface area contributed by atoms with Crippen LogP contribution in [0.4, 0.5) is 5.69 Å². The number of H-pyrrole nitrogens is 1. The number of rotatable bonds is 6. The van der Waals surface area contributed by atoms with Gasteiger partial charge in [-0.25, -0.2) is 8.42 Å². The van der Waals surface area contributed by atoms with E-state index in [1.807, 2.05) is 30.3 Å². The largest absolute Gasteiger partial charge is 0.351 e. The number of anilines is 1. The zero-order chi connectivity index (χ0) is 21.4. The van der Waals surface area contributed by atoms with Crippen molar-refractivity contribution in [1.29, 1.82) is 0 Å². The van der Waals surface area contributed by atoms with Gasteiger partial charge < -0.3 is 10.3 Å². The van der Waals surface area contributed by atoms with Gasteiger partial charge in [-0.15, -0.1) is 0 Å². The summed E-state index contributed by atoms with van der Waals surface area (Å²) in [6.45, 7) is 0. The van der Waals surface area contributed by atoms with Crippen LogP contribution in [0.25, 0.3) is 10.9 Å². The maximum atomic E-state index is 13.7. The fourth-order valence-corrected chi connectivity index (χ4v) is 6.16. The van der Waals surface area contributed by atoms with E-state index in [9.17, 15) is 13.2 Å². The Morgan fingerprint density at radius 2 is 1.68 bits per heavy atom. The number of carbonyl (C=O) groups excluding carboxylic acids is 1. The lowest BCUT2D eigenvalue weighted by molar-refractivity contribution is 0.0947. The van der Waals surface area contributed by atoms with Crippen molar-refractivity contribution in [3.05, 3.63) is 60.3 Å². The molecule has 0 bridgehead atoms. The minimum Gasteiger partial charge on any atom is -0.351 e. The van der Waals surface area contributed by atoms with E-state index in [-0.39, 0.29) is 18.0 Å². The number of amides is 1. The van der Waals surface area contributed by atoms with Crippen molar-refractivity contribution in [3.8, 4) is 0 Å². The molecule has 5 rings (SSSR count). The number of aromatic nitrogens is 1. The van der Waals surface area contributed by atoms with Crippen LogP contribution in [-0.4, -0.2) is 31.4 Å². The number of benzene rings is 2.